The van der Waals surface area contributed by atoms with Crippen LogP contribution in [0, 0.1) is 0 Å². The standard InChI is InChI=1S/Al.FH.Fe.K.Mg.2H2O.Si/h;1H;;;;2*1H2;/p-1. The molecule has 8 heavy (non-hydrogen) atoms. The molecule has 0 aliphatic heterocycles. The summed E-state index contributed by atoms with van der Waals surface area (Å²) in [5.74, 6) is 0. The molecule has 0 heterocycles. The van der Waals surface area contributed by atoms with Gasteiger partial charge in [0.05, 0.1) is 0 Å². The molecule has 0 rings (SSSR count). The van der Waals surface area contributed by atoms with Crippen LogP contribution in [0.1, 0.15) is 0 Å². The van der Waals surface area contributed by atoms with E-state index >= 15 is 0 Å². The fourth-order valence-corrected chi connectivity index (χ4v) is 0. The molecule has 0 atom stereocenters. The summed E-state index contributed by atoms with van der Waals surface area (Å²) >= 11 is 0. The average molecular weight is 229 g/mol. The normalized spacial score (nSPS) is 0. The van der Waals surface area contributed by atoms with E-state index < -0.39 is 0 Å². The molecule has 0 aliphatic carbocycles. The van der Waals surface area contributed by atoms with E-state index in [0.717, 1.165) is 0 Å². The molecular weight excluding hydrogens is 225 g/mol. The van der Waals surface area contributed by atoms with Gasteiger partial charge in [0.25, 0.3) is 0 Å². The first kappa shape index (κ1) is 103. The van der Waals surface area contributed by atoms with E-state index in [4.69, 9.17) is 0 Å². The van der Waals surface area contributed by atoms with Crippen LogP contribution in [0.5, 0.6) is 0 Å². The summed E-state index contributed by atoms with van der Waals surface area (Å²) in [6.07, 6.45) is 0. The number of hydrogen-bond donors (Lipinski definition) is 0. The Kier molecular flexibility index (Phi) is 989. The molecule has 8 heteroatoms. The summed E-state index contributed by atoms with van der Waals surface area (Å²) in [6.45, 7) is 0. The average Bonchev–Trinajstić information content (AvgIpc) is 0. The summed E-state index contributed by atoms with van der Waals surface area (Å²) in [4.78, 5) is 0. The van der Waals surface area contributed by atoms with Crippen LogP contribution < -0.4 is 0 Å². The Labute approximate surface area is 132 Å². The summed E-state index contributed by atoms with van der Waals surface area (Å²) in [7, 11) is 0. The molecule has 0 aliphatic rings. The van der Waals surface area contributed by atoms with Crippen LogP contribution in [0.15, 0.2) is 0 Å². The second-order valence-electron chi connectivity index (χ2n) is 0. The molecule has 0 saturated heterocycles. The summed E-state index contributed by atoms with van der Waals surface area (Å²) in [5.41, 5.74) is 0. The van der Waals surface area contributed by atoms with Crippen molar-refractivity contribution in [2.24, 2.45) is 0 Å². The van der Waals surface area contributed by atoms with E-state index in [9.17, 15) is 0 Å². The Morgan fingerprint density at radius 1 is 1.00 bits per heavy atom. The summed E-state index contributed by atoms with van der Waals surface area (Å²) in [6, 6.07) is 0. The molecule has 2 nitrogen and oxygen atoms in total. The molecule has 0 aromatic heterocycles. The van der Waals surface area contributed by atoms with Crippen LogP contribution in [0.25, 0.3) is 0 Å². The first-order valence-electron chi connectivity index (χ1n) is 0. The number of halogens is 1. The Morgan fingerprint density at radius 3 is 1.00 bits per heavy atom. The van der Waals surface area contributed by atoms with E-state index in [0.29, 0.717) is 0 Å². The minimum atomic E-state index is 0. The van der Waals surface area contributed by atoms with Crippen LogP contribution in [-0.4, -0.2) is 114 Å². The second kappa shape index (κ2) is 76.9. The fourth-order valence-electron chi connectivity index (χ4n) is 0. The third-order valence-electron chi connectivity index (χ3n) is 0. The molecule has 0 unspecified atom stereocenters. The van der Waals surface area contributed by atoms with E-state index in [1.807, 2.05) is 0 Å². The Morgan fingerprint density at radius 2 is 1.00 bits per heavy atom. The van der Waals surface area contributed by atoms with Gasteiger partial charge in [0, 0.05) is 120 Å². The third-order valence-corrected chi connectivity index (χ3v) is 0. The maximum atomic E-state index is 0. The molecule has 0 aromatic carbocycles. The van der Waals surface area contributed by atoms with Crippen molar-refractivity contribution in [2.75, 3.05) is 0 Å². The molecule has 0 aromatic rings. The van der Waals surface area contributed by atoms with Gasteiger partial charge in [-0.2, -0.15) is 0 Å². The van der Waals surface area contributed by atoms with Crippen LogP contribution in [0.4, 0.5) is 4.70 Å². The SMILES string of the molecule is F.O.[Al].[Fe].[K].[Mg].[OH-].[Si]. The predicted molar refractivity (Wildman–Crippen MR) is 31.1 cm³/mol. The number of rotatable bonds is 0. The van der Waals surface area contributed by atoms with E-state index in [1.54, 1.807) is 0 Å². The van der Waals surface area contributed by atoms with Crippen LogP contribution in [0.3, 0.4) is 0 Å². The molecular formula is H4AlFFeKMgO2Si-. The quantitative estimate of drug-likeness (QED) is 0.428. The summed E-state index contributed by atoms with van der Waals surface area (Å²) < 4.78 is 0. The molecule has 3 N–H and O–H groups in total. The van der Waals surface area contributed by atoms with Gasteiger partial charge in [-0.25, -0.2) is 0 Å². The minimum absolute atomic E-state index is 0. The van der Waals surface area contributed by atoms with Crippen molar-refractivity contribution in [3.8, 4) is 0 Å². The Hall–Kier alpha value is 3.52. The van der Waals surface area contributed by atoms with Crippen LogP contribution in [-0.2, 0) is 17.1 Å². The van der Waals surface area contributed by atoms with Gasteiger partial charge in [-0.15, -0.1) is 0 Å². The van der Waals surface area contributed by atoms with Crippen LogP contribution in [0.2, 0.25) is 0 Å². The van der Waals surface area contributed by atoms with Gasteiger partial charge in [-0.3, -0.25) is 4.70 Å². The van der Waals surface area contributed by atoms with Crippen molar-refractivity contribution in [1.82, 2.24) is 0 Å². The smallest absolute Gasteiger partial charge is 0 e. The maximum absolute atomic E-state index is 0. The third kappa shape index (κ3) is 55.8. The molecule has 10 radical (unpaired) electrons. The number of hydrogen-bond acceptors (Lipinski definition) is 1. The second-order valence-corrected chi connectivity index (χ2v) is 0. The molecule has 0 saturated carbocycles. The van der Waals surface area contributed by atoms with E-state index in [-0.39, 0.29) is 135 Å². The van der Waals surface area contributed by atoms with Crippen molar-refractivity contribution in [1.29, 1.82) is 0 Å². The van der Waals surface area contributed by atoms with Gasteiger partial charge in [-0.1, -0.05) is 0 Å². The summed E-state index contributed by atoms with van der Waals surface area (Å²) in [5, 5.41) is 0. The van der Waals surface area contributed by atoms with E-state index in [2.05, 4.69) is 0 Å². The predicted octanol–water partition coefficient (Wildman–Crippen LogP) is -2.37. The van der Waals surface area contributed by atoms with Gasteiger partial charge in [0.2, 0.25) is 0 Å². The van der Waals surface area contributed by atoms with Gasteiger partial charge < -0.3 is 11.0 Å². The van der Waals surface area contributed by atoms with Crippen LogP contribution >= 0.6 is 0 Å². The van der Waals surface area contributed by atoms with Gasteiger partial charge in [-0.05, 0) is 0 Å². The van der Waals surface area contributed by atoms with Gasteiger partial charge in [0.1, 0.15) is 0 Å². The first-order valence-corrected chi connectivity index (χ1v) is 0. The van der Waals surface area contributed by atoms with Gasteiger partial charge >= 0.3 is 0 Å². The molecule has 42 valence electrons. The van der Waals surface area contributed by atoms with Gasteiger partial charge in [0.15, 0.2) is 0 Å². The van der Waals surface area contributed by atoms with Crippen molar-refractivity contribution < 1.29 is 32.7 Å². The fraction of sp³-hybridized carbons (Fsp3) is 0. The molecule has 0 bridgehead atoms. The Bertz CT molecular complexity index is 22.0. The maximum Gasteiger partial charge on any atom is 0 e. The van der Waals surface area contributed by atoms with Crippen molar-refractivity contribution in [3.63, 3.8) is 0 Å². The molecule has 0 fully saturated rings. The zero-order chi connectivity index (χ0) is 0. The van der Waals surface area contributed by atoms with Crippen molar-refractivity contribution in [2.45, 2.75) is 0 Å². The first-order chi connectivity index (χ1) is 0. The van der Waals surface area contributed by atoms with E-state index in [1.165, 1.54) is 0 Å². The topological polar surface area (TPSA) is 61.5 Å². The molecule has 0 spiro atoms. The largest absolute Gasteiger partial charge is 0.870 e. The minimum Gasteiger partial charge on any atom is -0.870 e. The zero-order valence-electron chi connectivity index (χ0n) is 4.49. The van der Waals surface area contributed by atoms with Crippen molar-refractivity contribution in [3.05, 3.63) is 0 Å². The zero-order valence-corrected chi connectivity index (χ0v) is 12.3. The molecule has 0 amide bonds. The monoisotopic (exact) mass is 229 g/mol. The van der Waals surface area contributed by atoms with Crippen molar-refractivity contribution >= 4 is 103 Å². The Balaban J connectivity index is 0.